The van der Waals surface area contributed by atoms with Crippen LogP contribution in [0.1, 0.15) is 13.3 Å². The normalized spacial score (nSPS) is 26.5. The lowest BCUT2D eigenvalue weighted by Crippen LogP contribution is -2.38. The smallest absolute Gasteiger partial charge is 0.232 e. The molecule has 64 valence electrons. The molecular weight excluding hydrogens is 162 g/mol. The van der Waals surface area contributed by atoms with Gasteiger partial charge in [-0.2, -0.15) is 12.6 Å². The molecule has 3 nitrogen and oxygen atoms in total. The second kappa shape index (κ2) is 3.97. The SMILES string of the molecule is CC(S)C(=O)NC1CCOC1. The van der Waals surface area contributed by atoms with Gasteiger partial charge in [-0.1, -0.05) is 0 Å². The summed E-state index contributed by atoms with van der Waals surface area (Å²) in [5.74, 6) is -0.0103. The van der Waals surface area contributed by atoms with E-state index in [9.17, 15) is 4.79 Å². The fourth-order valence-corrected chi connectivity index (χ4v) is 1.04. The number of amides is 1. The van der Waals surface area contributed by atoms with Crippen LogP contribution in [0.3, 0.4) is 0 Å². The third-order valence-corrected chi connectivity index (χ3v) is 1.89. The van der Waals surface area contributed by atoms with Crippen LogP contribution in [0.2, 0.25) is 0 Å². The van der Waals surface area contributed by atoms with Gasteiger partial charge in [-0.25, -0.2) is 0 Å². The van der Waals surface area contributed by atoms with Gasteiger partial charge in [0.25, 0.3) is 0 Å². The van der Waals surface area contributed by atoms with Crippen molar-refractivity contribution in [2.45, 2.75) is 24.6 Å². The van der Waals surface area contributed by atoms with Gasteiger partial charge in [0.15, 0.2) is 0 Å². The van der Waals surface area contributed by atoms with Gasteiger partial charge in [-0.05, 0) is 13.3 Å². The molecule has 0 saturated carbocycles. The van der Waals surface area contributed by atoms with Crippen LogP contribution in [0.15, 0.2) is 0 Å². The quantitative estimate of drug-likeness (QED) is 0.589. The molecule has 1 aliphatic rings. The zero-order chi connectivity index (χ0) is 8.27. The van der Waals surface area contributed by atoms with Crippen molar-refractivity contribution in [3.05, 3.63) is 0 Å². The lowest BCUT2D eigenvalue weighted by atomic mass is 10.2. The number of hydrogen-bond acceptors (Lipinski definition) is 3. The van der Waals surface area contributed by atoms with E-state index in [-0.39, 0.29) is 17.2 Å². The second-order valence-electron chi connectivity index (χ2n) is 2.75. The summed E-state index contributed by atoms with van der Waals surface area (Å²) < 4.78 is 5.10. The molecule has 1 rings (SSSR count). The highest BCUT2D eigenvalue weighted by atomic mass is 32.1. The molecule has 0 bridgehead atoms. The van der Waals surface area contributed by atoms with Crippen molar-refractivity contribution in [3.8, 4) is 0 Å². The van der Waals surface area contributed by atoms with E-state index in [0.29, 0.717) is 6.61 Å². The summed E-state index contributed by atoms with van der Waals surface area (Å²) in [5.41, 5.74) is 0. The van der Waals surface area contributed by atoms with Crippen molar-refractivity contribution in [2.75, 3.05) is 13.2 Å². The Balaban J connectivity index is 2.24. The molecule has 1 saturated heterocycles. The van der Waals surface area contributed by atoms with Gasteiger partial charge in [-0.15, -0.1) is 0 Å². The first-order chi connectivity index (χ1) is 5.20. The molecule has 0 radical (unpaired) electrons. The number of rotatable bonds is 2. The molecule has 1 N–H and O–H groups in total. The molecule has 11 heavy (non-hydrogen) atoms. The summed E-state index contributed by atoms with van der Waals surface area (Å²) >= 11 is 4.01. The highest BCUT2D eigenvalue weighted by molar-refractivity contribution is 7.81. The Labute approximate surface area is 71.9 Å². The first-order valence-electron chi connectivity index (χ1n) is 3.76. The minimum atomic E-state index is -0.226. The summed E-state index contributed by atoms with van der Waals surface area (Å²) in [7, 11) is 0. The van der Waals surface area contributed by atoms with E-state index in [1.165, 1.54) is 0 Å². The van der Waals surface area contributed by atoms with Gasteiger partial charge in [-0.3, -0.25) is 4.79 Å². The van der Waals surface area contributed by atoms with E-state index in [0.717, 1.165) is 13.0 Å². The summed E-state index contributed by atoms with van der Waals surface area (Å²) in [4.78, 5) is 11.1. The van der Waals surface area contributed by atoms with Crippen LogP contribution in [-0.2, 0) is 9.53 Å². The molecule has 2 unspecified atom stereocenters. The number of nitrogens with one attached hydrogen (secondary N) is 1. The lowest BCUT2D eigenvalue weighted by Gasteiger charge is -2.11. The molecule has 2 atom stereocenters. The van der Waals surface area contributed by atoms with E-state index in [2.05, 4.69) is 17.9 Å². The number of carbonyl (C=O) groups is 1. The topological polar surface area (TPSA) is 38.3 Å². The Morgan fingerprint density at radius 3 is 3.00 bits per heavy atom. The largest absolute Gasteiger partial charge is 0.379 e. The lowest BCUT2D eigenvalue weighted by molar-refractivity contribution is -0.120. The Morgan fingerprint density at radius 1 is 1.82 bits per heavy atom. The third-order valence-electron chi connectivity index (χ3n) is 1.66. The van der Waals surface area contributed by atoms with E-state index in [1.807, 2.05) is 0 Å². The molecule has 4 heteroatoms. The van der Waals surface area contributed by atoms with Crippen LogP contribution in [0.4, 0.5) is 0 Å². The van der Waals surface area contributed by atoms with Crippen molar-refractivity contribution < 1.29 is 9.53 Å². The van der Waals surface area contributed by atoms with Gasteiger partial charge in [0.05, 0.1) is 17.9 Å². The van der Waals surface area contributed by atoms with Crippen LogP contribution >= 0.6 is 12.6 Å². The average molecular weight is 175 g/mol. The minimum absolute atomic E-state index is 0.0103. The molecule has 1 fully saturated rings. The summed E-state index contributed by atoms with van der Waals surface area (Å²) in [6.45, 7) is 3.16. The van der Waals surface area contributed by atoms with Crippen LogP contribution in [0, 0.1) is 0 Å². The molecular formula is C7H13NO2S. The Kier molecular flexibility index (Phi) is 3.20. The van der Waals surface area contributed by atoms with Crippen molar-refractivity contribution in [1.29, 1.82) is 0 Å². The zero-order valence-corrected chi connectivity index (χ0v) is 7.43. The van der Waals surface area contributed by atoms with E-state index >= 15 is 0 Å². The Hall–Kier alpha value is -0.220. The van der Waals surface area contributed by atoms with Crippen LogP contribution in [0.25, 0.3) is 0 Å². The molecule has 1 amide bonds. The maximum Gasteiger partial charge on any atom is 0.232 e. The van der Waals surface area contributed by atoms with E-state index < -0.39 is 0 Å². The predicted molar refractivity (Wildman–Crippen MR) is 45.8 cm³/mol. The van der Waals surface area contributed by atoms with Crippen molar-refractivity contribution in [1.82, 2.24) is 5.32 Å². The van der Waals surface area contributed by atoms with Gasteiger partial charge in [0.2, 0.25) is 5.91 Å². The fourth-order valence-electron chi connectivity index (χ4n) is 0.970. The molecule has 0 aliphatic carbocycles. The van der Waals surface area contributed by atoms with E-state index in [1.54, 1.807) is 6.92 Å². The maximum absolute atomic E-state index is 11.1. The summed E-state index contributed by atoms with van der Waals surface area (Å²) in [6, 6.07) is 0.206. The molecule has 0 aromatic heterocycles. The minimum Gasteiger partial charge on any atom is -0.379 e. The zero-order valence-electron chi connectivity index (χ0n) is 6.54. The van der Waals surface area contributed by atoms with Crippen LogP contribution in [-0.4, -0.2) is 30.4 Å². The Bertz CT molecular complexity index is 143. The molecule has 0 spiro atoms. The summed E-state index contributed by atoms with van der Waals surface area (Å²) in [5, 5.41) is 2.61. The van der Waals surface area contributed by atoms with Gasteiger partial charge in [0.1, 0.15) is 0 Å². The second-order valence-corrected chi connectivity index (χ2v) is 3.52. The number of hydrogen-bond donors (Lipinski definition) is 2. The highest BCUT2D eigenvalue weighted by Gasteiger charge is 2.18. The summed E-state index contributed by atoms with van der Waals surface area (Å²) in [6.07, 6.45) is 0.923. The van der Waals surface area contributed by atoms with Gasteiger partial charge < -0.3 is 10.1 Å². The molecule has 1 aliphatic heterocycles. The van der Waals surface area contributed by atoms with Crippen LogP contribution < -0.4 is 5.32 Å². The van der Waals surface area contributed by atoms with E-state index in [4.69, 9.17) is 4.74 Å². The van der Waals surface area contributed by atoms with Gasteiger partial charge in [0, 0.05) is 6.61 Å². The monoisotopic (exact) mass is 175 g/mol. The average Bonchev–Trinajstić information content (AvgIpc) is 2.39. The Morgan fingerprint density at radius 2 is 2.55 bits per heavy atom. The molecule has 0 aromatic rings. The number of ether oxygens (including phenoxy) is 1. The number of carbonyl (C=O) groups excluding carboxylic acids is 1. The molecule has 0 aromatic carbocycles. The third kappa shape index (κ3) is 2.71. The van der Waals surface area contributed by atoms with Gasteiger partial charge >= 0.3 is 0 Å². The standard InChI is InChI=1S/C7H13NO2S/c1-5(11)7(9)8-6-2-3-10-4-6/h5-6,11H,2-4H2,1H3,(H,8,9). The van der Waals surface area contributed by atoms with Crippen molar-refractivity contribution >= 4 is 18.5 Å². The first kappa shape index (κ1) is 8.87. The van der Waals surface area contributed by atoms with Crippen LogP contribution in [0.5, 0.6) is 0 Å². The van der Waals surface area contributed by atoms with Crippen molar-refractivity contribution in [3.63, 3.8) is 0 Å². The fraction of sp³-hybridized carbons (Fsp3) is 0.857. The van der Waals surface area contributed by atoms with Crippen molar-refractivity contribution in [2.24, 2.45) is 0 Å². The molecule has 1 heterocycles. The maximum atomic E-state index is 11.1. The highest BCUT2D eigenvalue weighted by Crippen LogP contribution is 2.04. The number of thiol groups is 1. The predicted octanol–water partition coefficient (Wildman–Crippen LogP) is 0.210. The first-order valence-corrected chi connectivity index (χ1v) is 4.28.